The molecule has 14 heavy (non-hydrogen) atoms. The molecule has 2 N–H and O–H groups in total. The van der Waals surface area contributed by atoms with Crippen LogP contribution in [0.2, 0.25) is 0 Å². The molecule has 2 nitrogen and oxygen atoms in total. The second kappa shape index (κ2) is 5.78. The normalized spacial score (nSPS) is 12.8. The zero-order chi connectivity index (χ0) is 10.4. The molecular weight excluding hydrogens is 174 g/mol. The molecule has 0 aliphatic carbocycles. The monoisotopic (exact) mass is 193 g/mol. The second-order valence-electron chi connectivity index (χ2n) is 3.64. The van der Waals surface area contributed by atoms with E-state index in [-0.39, 0.29) is 6.04 Å². The molecule has 0 aliphatic heterocycles. The number of ether oxygens (including phenoxy) is 1. The van der Waals surface area contributed by atoms with Crippen LogP contribution >= 0.6 is 0 Å². The molecule has 0 spiro atoms. The summed E-state index contributed by atoms with van der Waals surface area (Å²) >= 11 is 0. The number of nitrogens with two attached hydrogens (primary N) is 1. The third kappa shape index (κ3) is 3.90. The van der Waals surface area contributed by atoms with Gasteiger partial charge in [-0.05, 0) is 31.4 Å². The van der Waals surface area contributed by atoms with Crippen molar-refractivity contribution < 1.29 is 4.74 Å². The Hall–Kier alpha value is -0.860. The standard InChI is InChI=1S/C12H19NO/c1-3-14-9-12-6-4-11(5-7-12)8-10(2)13/h4-7,10H,3,8-9,13H2,1-2H3. The van der Waals surface area contributed by atoms with Crippen LogP contribution in [0.4, 0.5) is 0 Å². The first kappa shape index (κ1) is 11.2. The molecule has 0 saturated heterocycles. The zero-order valence-electron chi connectivity index (χ0n) is 8.99. The van der Waals surface area contributed by atoms with Crippen molar-refractivity contribution in [3.8, 4) is 0 Å². The van der Waals surface area contributed by atoms with Gasteiger partial charge in [0.15, 0.2) is 0 Å². The van der Waals surface area contributed by atoms with Gasteiger partial charge >= 0.3 is 0 Å². The number of rotatable bonds is 5. The van der Waals surface area contributed by atoms with Crippen LogP contribution in [0.15, 0.2) is 24.3 Å². The van der Waals surface area contributed by atoms with E-state index in [9.17, 15) is 0 Å². The van der Waals surface area contributed by atoms with Gasteiger partial charge in [0.2, 0.25) is 0 Å². The molecule has 0 fully saturated rings. The van der Waals surface area contributed by atoms with Gasteiger partial charge in [0.05, 0.1) is 6.61 Å². The lowest BCUT2D eigenvalue weighted by molar-refractivity contribution is 0.134. The molecule has 0 radical (unpaired) electrons. The fourth-order valence-electron chi connectivity index (χ4n) is 1.36. The maximum Gasteiger partial charge on any atom is 0.0716 e. The van der Waals surface area contributed by atoms with Crippen LogP contribution in [-0.2, 0) is 17.8 Å². The van der Waals surface area contributed by atoms with Crippen LogP contribution in [0.5, 0.6) is 0 Å². The zero-order valence-corrected chi connectivity index (χ0v) is 8.99. The van der Waals surface area contributed by atoms with Gasteiger partial charge in [-0.1, -0.05) is 24.3 Å². The summed E-state index contributed by atoms with van der Waals surface area (Å²) in [6.45, 7) is 5.50. The minimum atomic E-state index is 0.229. The van der Waals surface area contributed by atoms with Crippen LogP contribution in [0, 0.1) is 0 Å². The van der Waals surface area contributed by atoms with E-state index < -0.39 is 0 Å². The van der Waals surface area contributed by atoms with Crippen LogP contribution in [0.3, 0.4) is 0 Å². The molecule has 78 valence electrons. The lowest BCUT2D eigenvalue weighted by atomic mass is 10.1. The highest BCUT2D eigenvalue weighted by molar-refractivity contribution is 5.22. The summed E-state index contributed by atoms with van der Waals surface area (Å²) in [5, 5.41) is 0. The number of hydrogen-bond donors (Lipinski definition) is 1. The van der Waals surface area contributed by atoms with Crippen LogP contribution in [0.25, 0.3) is 0 Å². The molecule has 0 saturated carbocycles. The minimum absolute atomic E-state index is 0.229. The Labute approximate surface area is 86.1 Å². The van der Waals surface area contributed by atoms with Crippen LogP contribution in [0.1, 0.15) is 25.0 Å². The van der Waals surface area contributed by atoms with E-state index >= 15 is 0 Å². The summed E-state index contributed by atoms with van der Waals surface area (Å²) in [5.41, 5.74) is 8.23. The van der Waals surface area contributed by atoms with Crippen molar-refractivity contribution in [3.63, 3.8) is 0 Å². The summed E-state index contributed by atoms with van der Waals surface area (Å²) in [6.07, 6.45) is 0.939. The van der Waals surface area contributed by atoms with Crippen molar-refractivity contribution in [1.29, 1.82) is 0 Å². The van der Waals surface area contributed by atoms with Gasteiger partial charge in [0.1, 0.15) is 0 Å². The first-order valence-electron chi connectivity index (χ1n) is 5.13. The Bertz CT molecular complexity index is 254. The molecule has 0 heterocycles. The van der Waals surface area contributed by atoms with Crippen molar-refractivity contribution in [3.05, 3.63) is 35.4 Å². The molecule has 1 atom stereocenters. The van der Waals surface area contributed by atoms with Crippen LogP contribution in [-0.4, -0.2) is 12.6 Å². The highest BCUT2D eigenvalue weighted by atomic mass is 16.5. The third-order valence-electron chi connectivity index (χ3n) is 2.05. The molecule has 1 rings (SSSR count). The topological polar surface area (TPSA) is 35.2 Å². The first-order valence-corrected chi connectivity index (χ1v) is 5.13. The van der Waals surface area contributed by atoms with Crippen molar-refractivity contribution >= 4 is 0 Å². The van der Waals surface area contributed by atoms with E-state index in [0.29, 0.717) is 6.61 Å². The van der Waals surface area contributed by atoms with Gasteiger partial charge in [-0.25, -0.2) is 0 Å². The Morgan fingerprint density at radius 1 is 1.21 bits per heavy atom. The fourth-order valence-corrected chi connectivity index (χ4v) is 1.36. The van der Waals surface area contributed by atoms with Crippen molar-refractivity contribution in [2.24, 2.45) is 5.73 Å². The van der Waals surface area contributed by atoms with Crippen molar-refractivity contribution in [2.75, 3.05) is 6.61 Å². The van der Waals surface area contributed by atoms with Gasteiger partial charge in [-0.15, -0.1) is 0 Å². The quantitative estimate of drug-likeness (QED) is 0.777. The maximum atomic E-state index is 5.72. The molecule has 1 unspecified atom stereocenters. The maximum absolute atomic E-state index is 5.72. The minimum Gasteiger partial charge on any atom is -0.377 e. The third-order valence-corrected chi connectivity index (χ3v) is 2.05. The summed E-state index contributed by atoms with van der Waals surface area (Å²) in [7, 11) is 0. The van der Waals surface area contributed by atoms with E-state index in [1.165, 1.54) is 11.1 Å². The Morgan fingerprint density at radius 3 is 2.29 bits per heavy atom. The molecule has 0 aliphatic rings. The highest BCUT2D eigenvalue weighted by Gasteiger charge is 1.98. The van der Waals surface area contributed by atoms with Gasteiger partial charge in [0, 0.05) is 12.6 Å². The molecule has 0 bridgehead atoms. The molecule has 0 amide bonds. The summed E-state index contributed by atoms with van der Waals surface area (Å²) < 4.78 is 5.32. The largest absolute Gasteiger partial charge is 0.377 e. The van der Waals surface area contributed by atoms with Crippen LogP contribution < -0.4 is 5.73 Å². The average molecular weight is 193 g/mol. The highest BCUT2D eigenvalue weighted by Crippen LogP contribution is 2.07. The Balaban J connectivity index is 2.50. The van der Waals surface area contributed by atoms with Gasteiger partial charge in [-0.3, -0.25) is 0 Å². The Morgan fingerprint density at radius 2 is 1.79 bits per heavy atom. The van der Waals surface area contributed by atoms with E-state index in [2.05, 4.69) is 24.3 Å². The van der Waals surface area contributed by atoms with E-state index in [1.807, 2.05) is 13.8 Å². The van der Waals surface area contributed by atoms with Gasteiger partial charge < -0.3 is 10.5 Å². The number of benzene rings is 1. The van der Waals surface area contributed by atoms with Crippen molar-refractivity contribution in [1.82, 2.24) is 0 Å². The average Bonchev–Trinajstić information content (AvgIpc) is 2.16. The molecule has 2 heteroatoms. The fraction of sp³-hybridized carbons (Fsp3) is 0.500. The summed E-state index contributed by atoms with van der Waals surface area (Å²) in [5.74, 6) is 0. The lowest BCUT2D eigenvalue weighted by Crippen LogP contribution is -2.17. The SMILES string of the molecule is CCOCc1ccc(CC(C)N)cc1. The van der Waals surface area contributed by atoms with E-state index in [0.717, 1.165) is 13.0 Å². The molecule has 1 aromatic rings. The molecule has 1 aromatic carbocycles. The summed E-state index contributed by atoms with van der Waals surface area (Å²) in [6, 6.07) is 8.68. The predicted octanol–water partition coefficient (Wildman–Crippen LogP) is 2.11. The smallest absolute Gasteiger partial charge is 0.0716 e. The summed E-state index contributed by atoms with van der Waals surface area (Å²) in [4.78, 5) is 0. The van der Waals surface area contributed by atoms with Gasteiger partial charge in [0.25, 0.3) is 0 Å². The predicted molar refractivity (Wildman–Crippen MR) is 59.1 cm³/mol. The Kier molecular flexibility index (Phi) is 4.63. The first-order chi connectivity index (χ1) is 6.72. The van der Waals surface area contributed by atoms with E-state index in [4.69, 9.17) is 10.5 Å². The molecular formula is C12H19NO. The number of hydrogen-bond acceptors (Lipinski definition) is 2. The van der Waals surface area contributed by atoms with Gasteiger partial charge in [-0.2, -0.15) is 0 Å². The lowest BCUT2D eigenvalue weighted by Gasteiger charge is -2.06. The van der Waals surface area contributed by atoms with Crippen molar-refractivity contribution in [2.45, 2.75) is 32.9 Å². The van der Waals surface area contributed by atoms with E-state index in [1.54, 1.807) is 0 Å². The molecule has 0 aromatic heterocycles. The second-order valence-corrected chi connectivity index (χ2v) is 3.64.